The summed E-state index contributed by atoms with van der Waals surface area (Å²) in [5.41, 5.74) is 3.04. The highest BCUT2D eigenvalue weighted by Gasteiger charge is 2.02. The van der Waals surface area contributed by atoms with Gasteiger partial charge in [-0.05, 0) is 61.0 Å². The first-order valence-electron chi connectivity index (χ1n) is 5.96. The normalized spacial score (nSPS) is 13.7. The van der Waals surface area contributed by atoms with E-state index >= 15 is 0 Å². The van der Waals surface area contributed by atoms with E-state index in [0.717, 1.165) is 28.0 Å². The molecule has 0 atom stereocenters. The SMILES string of the molecule is Cc1cc(C#CC2=CC=C(O)CC2)ccc1SC#N. The second kappa shape index (κ2) is 6.18. The number of thioether (sulfide) groups is 1. The Bertz CT molecular complexity index is 654. The second-order valence-corrected chi connectivity index (χ2v) is 5.10. The van der Waals surface area contributed by atoms with Crippen LogP contribution in [0.1, 0.15) is 24.0 Å². The molecule has 0 bridgehead atoms. The van der Waals surface area contributed by atoms with Crippen LogP contribution in [0.3, 0.4) is 0 Å². The number of rotatable bonds is 1. The molecule has 0 spiro atoms. The van der Waals surface area contributed by atoms with Gasteiger partial charge >= 0.3 is 0 Å². The van der Waals surface area contributed by atoms with Crippen LogP contribution in [0, 0.1) is 29.4 Å². The number of nitrogens with zero attached hydrogens (tertiary/aromatic N) is 1. The Kier molecular flexibility index (Phi) is 4.34. The van der Waals surface area contributed by atoms with E-state index in [9.17, 15) is 5.11 Å². The Morgan fingerprint density at radius 2 is 2.05 bits per heavy atom. The van der Waals surface area contributed by atoms with Gasteiger partial charge in [0.05, 0.1) is 5.76 Å². The van der Waals surface area contributed by atoms with Crippen molar-refractivity contribution in [3.63, 3.8) is 0 Å². The summed E-state index contributed by atoms with van der Waals surface area (Å²) in [4.78, 5) is 0.970. The maximum absolute atomic E-state index is 9.27. The van der Waals surface area contributed by atoms with Crippen molar-refractivity contribution in [2.45, 2.75) is 24.7 Å². The molecule has 19 heavy (non-hydrogen) atoms. The average molecular weight is 267 g/mol. The second-order valence-electron chi connectivity index (χ2n) is 4.27. The molecule has 0 aromatic heterocycles. The first-order valence-corrected chi connectivity index (χ1v) is 6.78. The highest BCUT2D eigenvalue weighted by molar-refractivity contribution is 8.03. The summed E-state index contributed by atoms with van der Waals surface area (Å²) in [7, 11) is 0. The molecule has 1 aromatic rings. The minimum Gasteiger partial charge on any atom is -0.512 e. The highest BCUT2D eigenvalue weighted by atomic mass is 32.2. The predicted octanol–water partition coefficient (Wildman–Crippen LogP) is 4.08. The molecule has 0 fully saturated rings. The van der Waals surface area contributed by atoms with Crippen molar-refractivity contribution in [1.29, 1.82) is 5.26 Å². The Hall–Kier alpha value is -2.10. The average Bonchev–Trinajstić information content (AvgIpc) is 2.41. The van der Waals surface area contributed by atoms with Crippen LogP contribution in [0.15, 0.2) is 46.6 Å². The third-order valence-corrected chi connectivity index (χ3v) is 3.59. The van der Waals surface area contributed by atoms with Crippen LogP contribution >= 0.6 is 11.8 Å². The number of aliphatic hydroxyl groups is 1. The van der Waals surface area contributed by atoms with Crippen molar-refractivity contribution in [1.82, 2.24) is 0 Å². The number of aryl methyl sites for hydroxylation is 1. The molecular formula is C16H13NOS. The quantitative estimate of drug-likeness (QED) is 0.473. The summed E-state index contributed by atoms with van der Waals surface area (Å²) in [5, 5.41) is 20.0. The number of hydrogen-bond acceptors (Lipinski definition) is 3. The summed E-state index contributed by atoms with van der Waals surface area (Å²) in [6.07, 6.45) is 5.01. The number of allylic oxidation sites excluding steroid dienone is 4. The van der Waals surface area contributed by atoms with E-state index in [1.54, 1.807) is 6.08 Å². The standard InChI is InChI=1S/C16H13NOS/c1-12-10-14(6-9-16(12)19-11-17)3-2-13-4-7-15(18)8-5-13/h4,6-7,9-10,18H,5,8H2,1H3. The Morgan fingerprint density at radius 1 is 1.21 bits per heavy atom. The third kappa shape index (κ3) is 3.68. The van der Waals surface area contributed by atoms with Gasteiger partial charge in [-0.25, -0.2) is 0 Å². The lowest BCUT2D eigenvalue weighted by molar-refractivity contribution is 0.386. The minimum atomic E-state index is 0.416. The van der Waals surface area contributed by atoms with E-state index in [4.69, 9.17) is 5.26 Å². The van der Waals surface area contributed by atoms with E-state index < -0.39 is 0 Å². The van der Waals surface area contributed by atoms with Crippen molar-refractivity contribution in [3.8, 4) is 17.2 Å². The molecule has 0 amide bonds. The highest BCUT2D eigenvalue weighted by Crippen LogP contribution is 2.22. The van der Waals surface area contributed by atoms with Crippen LogP contribution < -0.4 is 0 Å². The van der Waals surface area contributed by atoms with Crippen LogP contribution in [-0.4, -0.2) is 5.11 Å². The smallest absolute Gasteiger partial charge is 0.138 e. The summed E-state index contributed by atoms with van der Waals surface area (Å²) >= 11 is 1.17. The molecule has 3 heteroatoms. The van der Waals surface area contributed by atoms with Crippen LogP contribution in [0.25, 0.3) is 0 Å². The Balaban J connectivity index is 2.17. The van der Waals surface area contributed by atoms with E-state index in [2.05, 4.69) is 17.2 Å². The van der Waals surface area contributed by atoms with Crippen LogP contribution in [-0.2, 0) is 0 Å². The van der Waals surface area contributed by atoms with Crippen LogP contribution in [0.4, 0.5) is 0 Å². The maximum Gasteiger partial charge on any atom is 0.138 e. The molecular weight excluding hydrogens is 254 g/mol. The molecule has 1 aliphatic rings. The maximum atomic E-state index is 9.27. The Morgan fingerprint density at radius 3 is 2.68 bits per heavy atom. The molecule has 0 radical (unpaired) electrons. The van der Waals surface area contributed by atoms with E-state index in [0.29, 0.717) is 12.2 Å². The summed E-state index contributed by atoms with van der Waals surface area (Å²) in [6, 6.07) is 5.84. The lowest BCUT2D eigenvalue weighted by Crippen LogP contribution is -1.90. The molecule has 0 heterocycles. The zero-order chi connectivity index (χ0) is 13.7. The minimum absolute atomic E-state index is 0.416. The fourth-order valence-electron chi connectivity index (χ4n) is 1.77. The molecule has 1 N–H and O–H groups in total. The van der Waals surface area contributed by atoms with Gasteiger partial charge in [0.15, 0.2) is 0 Å². The van der Waals surface area contributed by atoms with Crippen LogP contribution in [0.5, 0.6) is 0 Å². The summed E-state index contributed by atoms with van der Waals surface area (Å²) in [6.45, 7) is 1.98. The molecule has 0 saturated carbocycles. The number of nitriles is 1. The van der Waals surface area contributed by atoms with Gasteiger partial charge in [-0.1, -0.05) is 11.8 Å². The molecule has 94 valence electrons. The monoisotopic (exact) mass is 267 g/mol. The lowest BCUT2D eigenvalue weighted by Gasteiger charge is -2.04. The zero-order valence-corrected chi connectivity index (χ0v) is 11.4. The van der Waals surface area contributed by atoms with Crippen molar-refractivity contribution in [2.75, 3.05) is 0 Å². The van der Waals surface area contributed by atoms with E-state index in [1.165, 1.54) is 11.8 Å². The van der Waals surface area contributed by atoms with Gasteiger partial charge in [0, 0.05) is 22.5 Å². The largest absolute Gasteiger partial charge is 0.512 e. The first kappa shape index (κ1) is 13.3. The van der Waals surface area contributed by atoms with Crippen LogP contribution in [0.2, 0.25) is 0 Å². The number of hydrogen-bond donors (Lipinski definition) is 1. The number of aliphatic hydroxyl groups excluding tert-OH is 1. The zero-order valence-electron chi connectivity index (χ0n) is 10.6. The lowest BCUT2D eigenvalue weighted by atomic mass is 10.0. The number of benzene rings is 1. The first-order chi connectivity index (χ1) is 9.19. The Labute approximate surface area is 117 Å². The molecule has 0 aliphatic heterocycles. The molecule has 2 nitrogen and oxygen atoms in total. The van der Waals surface area contributed by atoms with Gasteiger partial charge < -0.3 is 5.11 Å². The third-order valence-electron chi connectivity index (χ3n) is 2.83. The van der Waals surface area contributed by atoms with Gasteiger partial charge in [-0.2, -0.15) is 5.26 Å². The fourth-order valence-corrected chi connectivity index (χ4v) is 2.23. The van der Waals surface area contributed by atoms with Crippen molar-refractivity contribution < 1.29 is 5.11 Å². The fraction of sp³-hybridized carbons (Fsp3) is 0.188. The predicted molar refractivity (Wildman–Crippen MR) is 77.6 cm³/mol. The van der Waals surface area contributed by atoms with Crippen molar-refractivity contribution >= 4 is 11.8 Å². The van der Waals surface area contributed by atoms with Gasteiger partial charge in [-0.3, -0.25) is 0 Å². The van der Waals surface area contributed by atoms with Gasteiger partial charge in [0.25, 0.3) is 0 Å². The molecule has 1 aromatic carbocycles. The van der Waals surface area contributed by atoms with Crippen molar-refractivity contribution in [2.24, 2.45) is 0 Å². The molecule has 1 aliphatic carbocycles. The van der Waals surface area contributed by atoms with Gasteiger partial charge in [-0.15, -0.1) is 0 Å². The number of thiocyanates is 1. The van der Waals surface area contributed by atoms with Gasteiger partial charge in [0.1, 0.15) is 5.40 Å². The van der Waals surface area contributed by atoms with Crippen molar-refractivity contribution in [3.05, 3.63) is 52.8 Å². The molecule has 0 unspecified atom stereocenters. The van der Waals surface area contributed by atoms with E-state index in [-0.39, 0.29) is 0 Å². The molecule has 0 saturated heterocycles. The van der Waals surface area contributed by atoms with E-state index in [1.807, 2.05) is 31.2 Å². The molecule has 2 rings (SSSR count). The van der Waals surface area contributed by atoms with Gasteiger partial charge in [0.2, 0.25) is 0 Å². The summed E-state index contributed by atoms with van der Waals surface area (Å²) in [5.74, 6) is 6.65. The topological polar surface area (TPSA) is 44.0 Å². The summed E-state index contributed by atoms with van der Waals surface area (Å²) < 4.78 is 0.